The Labute approximate surface area is 170 Å². The Kier molecular flexibility index (Phi) is 8.59. The highest BCUT2D eigenvalue weighted by Crippen LogP contribution is 2.25. The third-order valence-electron chi connectivity index (χ3n) is 4.93. The average molecular weight is 410 g/mol. The fraction of sp³-hybridized carbons (Fsp3) is 0.684. The Morgan fingerprint density at radius 1 is 1.21 bits per heavy atom. The highest BCUT2D eigenvalue weighted by Gasteiger charge is 2.38. The van der Waals surface area contributed by atoms with Gasteiger partial charge in [0.2, 0.25) is 0 Å². The molecule has 0 atom stereocenters. The Balaban J connectivity index is 2.28. The highest BCUT2D eigenvalue weighted by atomic mass is 16.5. The van der Waals surface area contributed by atoms with Gasteiger partial charge in [0.05, 0.1) is 33.1 Å². The van der Waals surface area contributed by atoms with Gasteiger partial charge in [0.15, 0.2) is 11.5 Å². The molecule has 0 saturated carbocycles. The van der Waals surface area contributed by atoms with Gasteiger partial charge in [-0.05, 0) is 12.8 Å². The van der Waals surface area contributed by atoms with Crippen molar-refractivity contribution in [2.75, 3.05) is 58.6 Å². The SMILES string of the molecule is CCC(CC)(NC(=O)c1cnc(N2CCOCC2)c(OCCOC)n1)C(=O)OC. The van der Waals surface area contributed by atoms with Crippen molar-refractivity contribution < 1.29 is 28.5 Å². The molecule has 1 aromatic heterocycles. The monoisotopic (exact) mass is 410 g/mol. The lowest BCUT2D eigenvalue weighted by molar-refractivity contribution is -0.148. The first-order valence-electron chi connectivity index (χ1n) is 9.73. The molecule has 0 aromatic carbocycles. The predicted octanol–water partition coefficient (Wildman–Crippen LogP) is 0.800. The number of anilines is 1. The molecule has 0 spiro atoms. The first-order chi connectivity index (χ1) is 14.0. The summed E-state index contributed by atoms with van der Waals surface area (Å²) in [6, 6.07) is 0. The number of amides is 1. The summed E-state index contributed by atoms with van der Waals surface area (Å²) in [5, 5.41) is 2.76. The highest BCUT2D eigenvalue weighted by molar-refractivity contribution is 5.96. The number of hydrogen-bond acceptors (Lipinski definition) is 9. The van der Waals surface area contributed by atoms with Gasteiger partial charge in [-0.3, -0.25) is 4.79 Å². The number of nitrogens with zero attached hydrogens (tertiary/aromatic N) is 3. The van der Waals surface area contributed by atoms with E-state index in [4.69, 9.17) is 18.9 Å². The molecule has 1 N–H and O–H groups in total. The van der Waals surface area contributed by atoms with Crippen LogP contribution >= 0.6 is 0 Å². The Bertz CT molecular complexity index is 689. The van der Waals surface area contributed by atoms with Gasteiger partial charge >= 0.3 is 5.97 Å². The summed E-state index contributed by atoms with van der Waals surface area (Å²) in [5.74, 6) is -0.221. The van der Waals surface area contributed by atoms with Crippen LogP contribution in [0.5, 0.6) is 5.88 Å². The third kappa shape index (κ3) is 5.54. The number of rotatable bonds is 10. The van der Waals surface area contributed by atoms with Crippen LogP contribution in [0.15, 0.2) is 6.20 Å². The number of ether oxygens (including phenoxy) is 4. The Morgan fingerprint density at radius 3 is 2.48 bits per heavy atom. The normalized spacial score (nSPS) is 14.4. The molecule has 0 unspecified atom stereocenters. The maximum Gasteiger partial charge on any atom is 0.331 e. The summed E-state index contributed by atoms with van der Waals surface area (Å²) >= 11 is 0. The summed E-state index contributed by atoms with van der Waals surface area (Å²) in [5.41, 5.74) is -1.06. The fourth-order valence-corrected chi connectivity index (χ4v) is 3.03. The molecule has 29 heavy (non-hydrogen) atoms. The lowest BCUT2D eigenvalue weighted by atomic mass is 9.92. The standard InChI is InChI=1S/C19H30N4O6/c1-5-19(6-2,18(25)27-4)22-16(24)14-13-20-15(23-7-9-28-10-8-23)17(21-14)29-12-11-26-3/h13H,5-12H2,1-4H3,(H,22,24). The molecule has 1 saturated heterocycles. The minimum Gasteiger partial charge on any atom is -0.473 e. The number of aromatic nitrogens is 2. The second-order valence-corrected chi connectivity index (χ2v) is 6.56. The van der Waals surface area contributed by atoms with E-state index in [-0.39, 0.29) is 18.2 Å². The first-order valence-corrected chi connectivity index (χ1v) is 9.73. The van der Waals surface area contributed by atoms with Crippen molar-refractivity contribution in [3.8, 4) is 5.88 Å². The van der Waals surface area contributed by atoms with Crippen molar-refractivity contribution in [1.29, 1.82) is 0 Å². The van der Waals surface area contributed by atoms with Crippen LogP contribution in [0.2, 0.25) is 0 Å². The van der Waals surface area contributed by atoms with Gasteiger partial charge in [0, 0.05) is 20.2 Å². The van der Waals surface area contributed by atoms with Crippen LogP contribution in [0.25, 0.3) is 0 Å². The van der Waals surface area contributed by atoms with E-state index >= 15 is 0 Å². The van der Waals surface area contributed by atoms with Gasteiger partial charge in [-0.1, -0.05) is 13.8 Å². The molecule has 1 aromatic rings. The van der Waals surface area contributed by atoms with E-state index in [1.807, 2.05) is 18.7 Å². The van der Waals surface area contributed by atoms with Crippen LogP contribution in [0, 0.1) is 0 Å². The van der Waals surface area contributed by atoms with E-state index < -0.39 is 17.4 Å². The maximum atomic E-state index is 12.8. The van der Waals surface area contributed by atoms with Crippen LogP contribution in [0.1, 0.15) is 37.2 Å². The average Bonchev–Trinajstić information content (AvgIpc) is 2.77. The molecule has 10 heteroatoms. The second kappa shape index (κ2) is 10.9. The van der Waals surface area contributed by atoms with Crippen molar-refractivity contribution >= 4 is 17.7 Å². The Hall–Kier alpha value is -2.46. The van der Waals surface area contributed by atoms with Gasteiger partial charge in [-0.2, -0.15) is 0 Å². The number of carbonyl (C=O) groups excluding carboxylic acids is 2. The molecule has 162 valence electrons. The first kappa shape index (κ1) is 22.8. The topological polar surface area (TPSA) is 112 Å². The summed E-state index contributed by atoms with van der Waals surface area (Å²) in [6.07, 6.45) is 2.16. The smallest absolute Gasteiger partial charge is 0.331 e. The number of methoxy groups -OCH3 is 2. The third-order valence-corrected chi connectivity index (χ3v) is 4.93. The second-order valence-electron chi connectivity index (χ2n) is 6.56. The molecule has 0 radical (unpaired) electrons. The number of nitrogens with one attached hydrogen (secondary N) is 1. The predicted molar refractivity (Wildman–Crippen MR) is 105 cm³/mol. The van der Waals surface area contributed by atoms with Crippen LogP contribution in [0.4, 0.5) is 5.82 Å². The molecule has 1 fully saturated rings. The van der Waals surface area contributed by atoms with Crippen LogP contribution in [-0.4, -0.2) is 81.1 Å². The zero-order valence-corrected chi connectivity index (χ0v) is 17.5. The summed E-state index contributed by atoms with van der Waals surface area (Å²) in [7, 11) is 2.87. The minimum absolute atomic E-state index is 0.0598. The molecule has 1 aliphatic rings. The molecule has 0 aliphatic carbocycles. The van der Waals surface area contributed by atoms with Gasteiger partial charge in [-0.15, -0.1) is 0 Å². The molecule has 0 bridgehead atoms. The number of morpholine rings is 1. The number of esters is 1. The molecule has 1 amide bonds. The molecule has 10 nitrogen and oxygen atoms in total. The van der Waals surface area contributed by atoms with Gasteiger partial charge in [-0.25, -0.2) is 14.8 Å². The zero-order chi connectivity index (χ0) is 21.3. The molecule has 1 aliphatic heterocycles. The van der Waals surface area contributed by atoms with E-state index in [0.29, 0.717) is 51.6 Å². The van der Waals surface area contributed by atoms with E-state index in [0.717, 1.165) is 0 Å². The lowest BCUT2D eigenvalue weighted by Crippen LogP contribution is -2.54. The molecule has 2 rings (SSSR count). The summed E-state index contributed by atoms with van der Waals surface area (Å²) in [4.78, 5) is 35.8. The van der Waals surface area contributed by atoms with Gasteiger partial charge in [0.1, 0.15) is 12.1 Å². The van der Waals surface area contributed by atoms with Crippen molar-refractivity contribution in [2.45, 2.75) is 32.2 Å². The number of carbonyl (C=O) groups is 2. The maximum absolute atomic E-state index is 12.8. The van der Waals surface area contributed by atoms with Crippen LogP contribution < -0.4 is 15.0 Å². The molecule has 2 heterocycles. The van der Waals surface area contributed by atoms with Crippen LogP contribution in [-0.2, 0) is 19.0 Å². The summed E-state index contributed by atoms with van der Waals surface area (Å²) < 4.78 is 21.0. The van der Waals surface area contributed by atoms with Crippen LogP contribution in [0.3, 0.4) is 0 Å². The lowest BCUT2D eigenvalue weighted by Gasteiger charge is -2.30. The minimum atomic E-state index is -1.12. The van der Waals surface area contributed by atoms with E-state index in [1.165, 1.54) is 13.3 Å². The van der Waals surface area contributed by atoms with E-state index in [2.05, 4.69) is 15.3 Å². The number of hydrogen-bond donors (Lipinski definition) is 1. The van der Waals surface area contributed by atoms with Crippen molar-refractivity contribution in [2.24, 2.45) is 0 Å². The van der Waals surface area contributed by atoms with Crippen molar-refractivity contribution in [3.63, 3.8) is 0 Å². The quantitative estimate of drug-likeness (QED) is 0.442. The largest absolute Gasteiger partial charge is 0.473 e. The molecular formula is C19H30N4O6. The van der Waals surface area contributed by atoms with E-state index in [9.17, 15) is 9.59 Å². The molecular weight excluding hydrogens is 380 g/mol. The van der Waals surface area contributed by atoms with E-state index in [1.54, 1.807) is 7.11 Å². The van der Waals surface area contributed by atoms with Crippen molar-refractivity contribution in [3.05, 3.63) is 11.9 Å². The van der Waals surface area contributed by atoms with Gasteiger partial charge in [0.25, 0.3) is 11.8 Å². The van der Waals surface area contributed by atoms with Gasteiger partial charge < -0.3 is 29.2 Å². The Morgan fingerprint density at radius 2 is 1.90 bits per heavy atom. The van der Waals surface area contributed by atoms with Crippen molar-refractivity contribution in [1.82, 2.24) is 15.3 Å². The summed E-state index contributed by atoms with van der Waals surface area (Å²) in [6.45, 7) is 6.73. The fourth-order valence-electron chi connectivity index (χ4n) is 3.03. The zero-order valence-electron chi connectivity index (χ0n) is 17.5.